The van der Waals surface area contributed by atoms with Gasteiger partial charge in [0.05, 0.1) is 0 Å². The molecule has 1 aromatic heterocycles. The van der Waals surface area contributed by atoms with Crippen LogP contribution in [0, 0.1) is 5.92 Å². The van der Waals surface area contributed by atoms with Gasteiger partial charge >= 0.3 is 18.3 Å². The van der Waals surface area contributed by atoms with Gasteiger partial charge in [0, 0.05) is 19.6 Å². The molecule has 0 aliphatic carbocycles. The molecule has 1 saturated heterocycles. The first-order valence-electron chi connectivity index (χ1n) is 7.08. The summed E-state index contributed by atoms with van der Waals surface area (Å²) in [5, 5.41) is 9.27. The number of likely N-dealkylation sites (tertiary alicyclic amines) is 1. The smallest absolute Gasteiger partial charge is 0.368 e. The molecule has 0 atom stereocenters. The summed E-state index contributed by atoms with van der Waals surface area (Å²) in [7, 11) is 0. The van der Waals surface area contributed by atoms with Crippen molar-refractivity contribution < 1.29 is 31.1 Å². The van der Waals surface area contributed by atoms with Crippen LogP contribution in [0.1, 0.15) is 18.5 Å². The highest BCUT2D eigenvalue weighted by molar-refractivity contribution is 5.81. The van der Waals surface area contributed by atoms with Crippen molar-refractivity contribution >= 4 is 11.7 Å². The Morgan fingerprint density at radius 3 is 2.21 bits per heavy atom. The van der Waals surface area contributed by atoms with Crippen LogP contribution in [0.2, 0.25) is 0 Å². The summed E-state index contributed by atoms with van der Waals surface area (Å²) in [6.45, 7) is 0.306. The highest BCUT2D eigenvalue weighted by atomic mass is 19.4. The molecule has 5 nitrogen and oxygen atoms in total. The standard InChI is InChI=1S/C13H14F6N4O/c14-12(15,16)9-1-2-10(22-21-9)20-7-8-3-5-23(6-4-8)11(24)13(17,18)19/h1-2,8H,3-7H2,(H,20,22). The fourth-order valence-electron chi connectivity index (χ4n) is 2.35. The predicted molar refractivity (Wildman–Crippen MR) is 70.9 cm³/mol. The molecule has 24 heavy (non-hydrogen) atoms. The third-order valence-corrected chi connectivity index (χ3v) is 3.67. The largest absolute Gasteiger partial charge is 0.471 e. The maximum Gasteiger partial charge on any atom is 0.471 e. The average molecular weight is 356 g/mol. The summed E-state index contributed by atoms with van der Waals surface area (Å²) in [6, 6.07) is 1.93. The number of hydrogen-bond donors (Lipinski definition) is 1. The van der Waals surface area contributed by atoms with Crippen LogP contribution in [0.25, 0.3) is 0 Å². The first-order chi connectivity index (χ1) is 11.1. The summed E-state index contributed by atoms with van der Waals surface area (Å²) in [6.07, 6.45) is -8.71. The molecule has 0 unspecified atom stereocenters. The second kappa shape index (κ2) is 6.81. The number of amides is 1. The summed E-state index contributed by atoms with van der Waals surface area (Å²) >= 11 is 0. The second-order valence-electron chi connectivity index (χ2n) is 5.42. The van der Waals surface area contributed by atoms with E-state index in [1.54, 1.807) is 0 Å². The molecule has 0 radical (unpaired) electrons. The lowest BCUT2D eigenvalue weighted by atomic mass is 9.96. The van der Waals surface area contributed by atoms with Crippen molar-refractivity contribution in [1.82, 2.24) is 15.1 Å². The van der Waals surface area contributed by atoms with E-state index < -0.39 is 24.0 Å². The van der Waals surface area contributed by atoms with Crippen molar-refractivity contribution in [2.24, 2.45) is 5.92 Å². The lowest BCUT2D eigenvalue weighted by Crippen LogP contribution is -2.46. The van der Waals surface area contributed by atoms with Crippen molar-refractivity contribution in [1.29, 1.82) is 0 Å². The number of anilines is 1. The molecule has 11 heteroatoms. The van der Waals surface area contributed by atoms with Gasteiger partial charge in [0.2, 0.25) is 0 Å². The summed E-state index contributed by atoms with van der Waals surface area (Å²) in [4.78, 5) is 11.9. The molecule has 0 saturated carbocycles. The molecular formula is C13H14F6N4O. The summed E-state index contributed by atoms with van der Waals surface area (Å²) in [5.74, 6) is -1.70. The Balaban J connectivity index is 1.80. The number of piperidine rings is 1. The number of hydrogen-bond acceptors (Lipinski definition) is 4. The van der Waals surface area contributed by atoms with Gasteiger partial charge in [-0.2, -0.15) is 26.3 Å². The quantitative estimate of drug-likeness (QED) is 0.846. The van der Waals surface area contributed by atoms with Gasteiger partial charge in [-0.05, 0) is 30.9 Å². The van der Waals surface area contributed by atoms with Crippen LogP contribution in [0.15, 0.2) is 12.1 Å². The monoisotopic (exact) mass is 356 g/mol. The number of rotatable bonds is 3. The first-order valence-corrected chi connectivity index (χ1v) is 7.08. The highest BCUT2D eigenvalue weighted by Gasteiger charge is 2.43. The zero-order chi connectivity index (χ0) is 18.0. The second-order valence-corrected chi connectivity index (χ2v) is 5.42. The number of nitrogens with zero attached hydrogens (tertiary/aromatic N) is 3. The Hall–Kier alpha value is -2.07. The van der Waals surface area contributed by atoms with Crippen LogP contribution in [-0.2, 0) is 11.0 Å². The maximum absolute atomic E-state index is 12.3. The molecule has 1 N–H and O–H groups in total. The Bertz CT molecular complexity index is 563. The lowest BCUT2D eigenvalue weighted by Gasteiger charge is -2.32. The minimum absolute atomic E-state index is 0.00798. The fourth-order valence-corrected chi connectivity index (χ4v) is 2.35. The number of alkyl halides is 6. The van der Waals surface area contributed by atoms with Crippen LogP contribution in [-0.4, -0.2) is 46.8 Å². The fraction of sp³-hybridized carbons (Fsp3) is 0.615. The van der Waals surface area contributed by atoms with Crippen LogP contribution < -0.4 is 5.32 Å². The molecule has 2 rings (SSSR count). The van der Waals surface area contributed by atoms with E-state index in [2.05, 4.69) is 15.5 Å². The van der Waals surface area contributed by atoms with Crippen molar-refractivity contribution in [2.75, 3.05) is 25.0 Å². The van der Waals surface area contributed by atoms with Crippen LogP contribution in [0.4, 0.5) is 32.2 Å². The first kappa shape index (κ1) is 18.3. The number of aromatic nitrogens is 2. The minimum Gasteiger partial charge on any atom is -0.368 e. The summed E-state index contributed by atoms with van der Waals surface area (Å²) < 4.78 is 74.0. The third kappa shape index (κ3) is 4.71. The van der Waals surface area contributed by atoms with Crippen molar-refractivity contribution in [3.63, 3.8) is 0 Å². The Morgan fingerprint density at radius 1 is 1.12 bits per heavy atom. The molecule has 1 aliphatic rings. The predicted octanol–water partition coefficient (Wildman–Crippen LogP) is 2.71. The van der Waals surface area contributed by atoms with E-state index in [-0.39, 0.29) is 24.8 Å². The van der Waals surface area contributed by atoms with Gasteiger partial charge < -0.3 is 10.2 Å². The van der Waals surface area contributed by atoms with Crippen molar-refractivity contribution in [3.8, 4) is 0 Å². The molecule has 2 heterocycles. The molecule has 1 fully saturated rings. The molecule has 134 valence electrons. The highest BCUT2D eigenvalue weighted by Crippen LogP contribution is 2.27. The van der Waals surface area contributed by atoms with Gasteiger partial charge in [-0.15, -0.1) is 10.2 Å². The van der Waals surface area contributed by atoms with E-state index in [0.29, 0.717) is 19.4 Å². The van der Waals surface area contributed by atoms with Crippen LogP contribution in [0.5, 0.6) is 0 Å². The maximum atomic E-state index is 12.3. The van der Waals surface area contributed by atoms with Gasteiger partial charge in [0.1, 0.15) is 5.82 Å². The molecule has 0 aromatic carbocycles. The van der Waals surface area contributed by atoms with Gasteiger partial charge in [-0.1, -0.05) is 0 Å². The van der Waals surface area contributed by atoms with Gasteiger partial charge in [-0.25, -0.2) is 0 Å². The van der Waals surface area contributed by atoms with E-state index in [1.165, 1.54) is 0 Å². The molecule has 0 bridgehead atoms. The van der Waals surface area contributed by atoms with Crippen LogP contribution in [0.3, 0.4) is 0 Å². The van der Waals surface area contributed by atoms with E-state index in [4.69, 9.17) is 0 Å². The summed E-state index contributed by atoms with van der Waals surface area (Å²) in [5.41, 5.74) is -1.10. The Labute approximate surface area is 133 Å². The average Bonchev–Trinajstić information content (AvgIpc) is 2.51. The lowest BCUT2D eigenvalue weighted by molar-refractivity contribution is -0.186. The van der Waals surface area contributed by atoms with Crippen LogP contribution >= 0.6 is 0 Å². The zero-order valence-electron chi connectivity index (χ0n) is 12.3. The van der Waals surface area contributed by atoms with Gasteiger partial charge in [-0.3, -0.25) is 4.79 Å². The molecule has 0 spiro atoms. The number of carbonyl (C=O) groups excluding carboxylic acids is 1. The molecule has 1 amide bonds. The normalized spacial score (nSPS) is 17.0. The van der Waals surface area contributed by atoms with E-state index in [1.807, 2.05) is 0 Å². The molecule has 1 aliphatic heterocycles. The topological polar surface area (TPSA) is 58.1 Å². The van der Waals surface area contributed by atoms with Crippen molar-refractivity contribution in [3.05, 3.63) is 17.8 Å². The number of halogens is 6. The van der Waals surface area contributed by atoms with Crippen molar-refractivity contribution in [2.45, 2.75) is 25.2 Å². The van der Waals surface area contributed by atoms with Gasteiger partial charge in [0.25, 0.3) is 0 Å². The number of carbonyl (C=O) groups is 1. The van der Waals surface area contributed by atoms with E-state index in [9.17, 15) is 31.1 Å². The SMILES string of the molecule is O=C(N1CCC(CNc2ccc(C(F)(F)F)nn2)CC1)C(F)(F)F. The molecular weight excluding hydrogens is 342 g/mol. The Kier molecular flexibility index (Phi) is 5.19. The molecule has 1 aromatic rings. The van der Waals surface area contributed by atoms with E-state index >= 15 is 0 Å². The number of nitrogens with one attached hydrogen (secondary N) is 1. The van der Waals surface area contributed by atoms with E-state index in [0.717, 1.165) is 17.0 Å². The minimum atomic E-state index is -4.87. The third-order valence-electron chi connectivity index (χ3n) is 3.67. The zero-order valence-corrected chi connectivity index (χ0v) is 12.3. The van der Waals surface area contributed by atoms with Gasteiger partial charge in [0.15, 0.2) is 5.69 Å². The Morgan fingerprint density at radius 2 is 1.75 bits per heavy atom.